The summed E-state index contributed by atoms with van der Waals surface area (Å²) in [7, 11) is 0. The summed E-state index contributed by atoms with van der Waals surface area (Å²) in [5, 5.41) is 6.43. The van der Waals surface area contributed by atoms with Gasteiger partial charge in [0.25, 0.3) is 5.91 Å². The van der Waals surface area contributed by atoms with Crippen molar-refractivity contribution in [1.82, 2.24) is 15.0 Å². The lowest BCUT2D eigenvalue weighted by Crippen LogP contribution is -2.14. The first-order chi connectivity index (χ1) is 12.7. The van der Waals surface area contributed by atoms with Crippen LogP contribution in [0.15, 0.2) is 36.8 Å². The number of nitrogens with one attached hydrogen (secondary N) is 2. The maximum atomic E-state index is 12.8. The standard InChI is InChI=1S/C17H14F3N5OS/c1-9-5-12(3-4-22-9)24-15(26)14-16(27-10(2)23-14)25-13-6-11(7-21-8-13)17(18,19)20/h3-8,25H,1-2H3,(H,22,24,26). The van der Waals surface area contributed by atoms with E-state index in [0.717, 1.165) is 29.3 Å². The van der Waals surface area contributed by atoms with Crippen molar-refractivity contribution in [1.29, 1.82) is 0 Å². The van der Waals surface area contributed by atoms with Crippen molar-refractivity contribution in [2.75, 3.05) is 10.6 Å². The molecule has 0 spiro atoms. The van der Waals surface area contributed by atoms with Gasteiger partial charge in [0, 0.05) is 23.8 Å². The molecule has 0 radical (unpaired) electrons. The number of aryl methyl sites for hydroxylation is 2. The van der Waals surface area contributed by atoms with E-state index in [9.17, 15) is 18.0 Å². The van der Waals surface area contributed by atoms with Gasteiger partial charge in [-0.15, -0.1) is 11.3 Å². The number of hydrogen-bond acceptors (Lipinski definition) is 6. The molecule has 0 saturated heterocycles. The number of carbonyl (C=O) groups is 1. The topological polar surface area (TPSA) is 79.8 Å². The van der Waals surface area contributed by atoms with Crippen molar-refractivity contribution < 1.29 is 18.0 Å². The number of pyridine rings is 2. The molecule has 10 heteroatoms. The van der Waals surface area contributed by atoms with E-state index in [1.807, 2.05) is 0 Å². The molecule has 0 fully saturated rings. The highest BCUT2D eigenvalue weighted by Crippen LogP contribution is 2.32. The van der Waals surface area contributed by atoms with E-state index < -0.39 is 17.6 Å². The fraction of sp³-hybridized carbons (Fsp3) is 0.176. The zero-order valence-electron chi connectivity index (χ0n) is 14.3. The van der Waals surface area contributed by atoms with Gasteiger partial charge in [-0.05, 0) is 32.0 Å². The van der Waals surface area contributed by atoms with Gasteiger partial charge in [0.15, 0.2) is 5.69 Å². The van der Waals surface area contributed by atoms with Gasteiger partial charge in [0.1, 0.15) is 5.00 Å². The Morgan fingerprint density at radius 3 is 2.63 bits per heavy atom. The maximum absolute atomic E-state index is 12.8. The fourth-order valence-electron chi connectivity index (χ4n) is 2.27. The van der Waals surface area contributed by atoms with Crippen molar-refractivity contribution in [2.45, 2.75) is 20.0 Å². The Bertz CT molecular complexity index is 987. The van der Waals surface area contributed by atoms with E-state index in [-0.39, 0.29) is 11.4 Å². The molecule has 0 aliphatic rings. The van der Waals surface area contributed by atoms with Crippen LogP contribution in [0.2, 0.25) is 0 Å². The highest BCUT2D eigenvalue weighted by molar-refractivity contribution is 7.16. The Morgan fingerprint density at radius 2 is 1.93 bits per heavy atom. The molecule has 3 rings (SSSR count). The van der Waals surface area contributed by atoms with Crippen LogP contribution in [0, 0.1) is 13.8 Å². The van der Waals surface area contributed by atoms with E-state index in [0.29, 0.717) is 15.7 Å². The number of anilines is 3. The predicted octanol–water partition coefficient (Wildman–Crippen LogP) is 4.56. The van der Waals surface area contributed by atoms with E-state index in [4.69, 9.17) is 0 Å². The van der Waals surface area contributed by atoms with Crippen molar-refractivity contribution >= 4 is 33.6 Å². The molecular formula is C17H14F3N5OS. The molecule has 140 valence electrons. The first kappa shape index (κ1) is 18.8. The number of halogens is 3. The molecule has 3 heterocycles. The zero-order valence-corrected chi connectivity index (χ0v) is 15.1. The van der Waals surface area contributed by atoms with Crippen LogP contribution < -0.4 is 10.6 Å². The average molecular weight is 393 g/mol. The van der Waals surface area contributed by atoms with Gasteiger partial charge in [0.2, 0.25) is 0 Å². The van der Waals surface area contributed by atoms with Crippen molar-refractivity contribution in [3.8, 4) is 0 Å². The Labute approximate surface area is 156 Å². The van der Waals surface area contributed by atoms with Gasteiger partial charge in [0.05, 0.1) is 22.5 Å². The van der Waals surface area contributed by atoms with E-state index in [1.54, 1.807) is 32.2 Å². The third-order valence-corrected chi connectivity index (χ3v) is 4.31. The summed E-state index contributed by atoms with van der Waals surface area (Å²) in [4.78, 5) is 24.4. The number of carbonyl (C=O) groups excluding carboxylic acids is 1. The number of thiazole rings is 1. The summed E-state index contributed by atoms with van der Waals surface area (Å²) in [6.45, 7) is 3.49. The lowest BCUT2D eigenvalue weighted by atomic mass is 10.2. The molecule has 3 aromatic rings. The van der Waals surface area contributed by atoms with Gasteiger partial charge < -0.3 is 10.6 Å². The third kappa shape index (κ3) is 4.59. The number of aromatic nitrogens is 3. The Morgan fingerprint density at radius 1 is 1.15 bits per heavy atom. The molecule has 3 aromatic heterocycles. The number of alkyl halides is 3. The molecule has 27 heavy (non-hydrogen) atoms. The van der Waals surface area contributed by atoms with Crippen molar-refractivity contribution in [3.63, 3.8) is 0 Å². The quantitative estimate of drug-likeness (QED) is 0.679. The van der Waals surface area contributed by atoms with Crippen LogP contribution >= 0.6 is 11.3 Å². The Hall–Kier alpha value is -3.01. The lowest BCUT2D eigenvalue weighted by molar-refractivity contribution is -0.137. The number of rotatable bonds is 4. The zero-order chi connectivity index (χ0) is 19.6. The highest BCUT2D eigenvalue weighted by Gasteiger charge is 2.31. The Balaban J connectivity index is 1.85. The van der Waals surface area contributed by atoms with E-state index in [2.05, 4.69) is 25.6 Å². The van der Waals surface area contributed by atoms with Crippen LogP contribution in [-0.4, -0.2) is 20.9 Å². The monoisotopic (exact) mass is 393 g/mol. The molecule has 6 nitrogen and oxygen atoms in total. The van der Waals surface area contributed by atoms with Gasteiger partial charge in [-0.25, -0.2) is 4.98 Å². The predicted molar refractivity (Wildman–Crippen MR) is 96.3 cm³/mol. The normalized spacial score (nSPS) is 11.3. The van der Waals surface area contributed by atoms with Gasteiger partial charge in [-0.1, -0.05) is 0 Å². The minimum Gasteiger partial charge on any atom is -0.344 e. The molecule has 0 aliphatic carbocycles. The van der Waals surface area contributed by atoms with Gasteiger partial charge in [-0.2, -0.15) is 13.2 Å². The van der Waals surface area contributed by atoms with Crippen molar-refractivity contribution in [3.05, 3.63) is 58.7 Å². The molecule has 2 N–H and O–H groups in total. The summed E-state index contributed by atoms with van der Waals surface area (Å²) in [5.74, 6) is -0.479. The van der Waals surface area contributed by atoms with Crippen LogP contribution in [0.3, 0.4) is 0 Å². The lowest BCUT2D eigenvalue weighted by Gasteiger charge is -2.10. The average Bonchev–Trinajstić information content (AvgIpc) is 2.95. The SMILES string of the molecule is Cc1cc(NC(=O)c2nc(C)sc2Nc2cncc(C(F)(F)F)c2)ccn1. The van der Waals surface area contributed by atoms with E-state index in [1.165, 1.54) is 6.20 Å². The third-order valence-electron chi connectivity index (χ3n) is 3.43. The summed E-state index contributed by atoms with van der Waals surface area (Å²) in [5.41, 5.74) is 0.596. The molecule has 0 bridgehead atoms. The molecule has 0 aromatic carbocycles. The van der Waals surface area contributed by atoms with Crippen LogP contribution in [-0.2, 0) is 6.18 Å². The fourth-order valence-corrected chi connectivity index (χ4v) is 3.11. The smallest absolute Gasteiger partial charge is 0.344 e. The second kappa shape index (κ2) is 7.31. The largest absolute Gasteiger partial charge is 0.417 e. The van der Waals surface area contributed by atoms with Crippen LogP contribution in [0.25, 0.3) is 0 Å². The number of hydrogen-bond donors (Lipinski definition) is 2. The van der Waals surface area contributed by atoms with Crippen LogP contribution in [0.5, 0.6) is 0 Å². The first-order valence-electron chi connectivity index (χ1n) is 7.73. The maximum Gasteiger partial charge on any atom is 0.417 e. The van der Waals surface area contributed by atoms with Crippen molar-refractivity contribution in [2.24, 2.45) is 0 Å². The van der Waals surface area contributed by atoms with Gasteiger partial charge in [-0.3, -0.25) is 14.8 Å². The van der Waals surface area contributed by atoms with E-state index >= 15 is 0 Å². The molecule has 0 atom stereocenters. The second-order valence-electron chi connectivity index (χ2n) is 5.64. The minimum atomic E-state index is -4.51. The molecular weight excluding hydrogens is 379 g/mol. The van der Waals surface area contributed by atoms with Crippen LogP contribution in [0.4, 0.5) is 29.5 Å². The summed E-state index contributed by atoms with van der Waals surface area (Å²) < 4.78 is 38.5. The second-order valence-corrected chi connectivity index (χ2v) is 6.84. The molecule has 0 aliphatic heterocycles. The summed E-state index contributed by atoms with van der Waals surface area (Å²) >= 11 is 1.16. The van der Waals surface area contributed by atoms with Crippen LogP contribution in [0.1, 0.15) is 26.8 Å². The molecule has 0 saturated carbocycles. The molecule has 0 unspecified atom stereocenters. The summed E-state index contributed by atoms with van der Waals surface area (Å²) in [6.07, 6.45) is -0.959. The minimum absolute atomic E-state index is 0.0874. The van der Waals surface area contributed by atoms with Gasteiger partial charge >= 0.3 is 6.18 Å². The Kier molecular flexibility index (Phi) is 5.08. The highest BCUT2D eigenvalue weighted by atomic mass is 32.1. The first-order valence-corrected chi connectivity index (χ1v) is 8.55. The number of nitrogens with zero attached hydrogens (tertiary/aromatic N) is 3. The summed E-state index contributed by atoms with van der Waals surface area (Å²) in [6, 6.07) is 4.25. The molecule has 1 amide bonds. The number of amides is 1.